The molecule has 0 saturated carbocycles. The summed E-state index contributed by atoms with van der Waals surface area (Å²) >= 11 is 0. The summed E-state index contributed by atoms with van der Waals surface area (Å²) in [6.07, 6.45) is 0.380. The smallest absolute Gasteiger partial charge is 0.101 e. The van der Waals surface area contributed by atoms with Crippen LogP contribution in [0.25, 0.3) is 0 Å². The van der Waals surface area contributed by atoms with Crippen LogP contribution in [0.3, 0.4) is 0 Å². The second kappa shape index (κ2) is 6.26. The first kappa shape index (κ1) is 13.5. The van der Waals surface area contributed by atoms with Gasteiger partial charge in [-0.1, -0.05) is 24.3 Å². The maximum atomic E-state index is 9.07. The molecule has 0 saturated heterocycles. The minimum absolute atomic E-state index is 0.380. The molecule has 2 aromatic rings. The molecule has 98 valence electrons. The van der Waals surface area contributed by atoms with Crippen molar-refractivity contribution in [2.24, 2.45) is 0 Å². The summed E-state index contributed by atoms with van der Waals surface area (Å²) in [5, 5.41) is 17.9. The maximum absolute atomic E-state index is 9.07. The van der Waals surface area contributed by atoms with E-state index >= 15 is 0 Å². The van der Waals surface area contributed by atoms with E-state index in [1.165, 1.54) is 0 Å². The molecular formula is C16H14N4. The maximum Gasteiger partial charge on any atom is 0.101 e. The molecule has 2 aromatic carbocycles. The number of nitrogens with two attached hydrogens (primary N) is 1. The Kier molecular flexibility index (Phi) is 4.21. The molecule has 0 spiro atoms. The largest absolute Gasteiger partial charge is 0.396 e. The average molecular weight is 262 g/mol. The summed E-state index contributed by atoms with van der Waals surface area (Å²) in [7, 11) is 0. The summed E-state index contributed by atoms with van der Waals surface area (Å²) in [6, 6.07) is 19.3. The molecule has 0 fully saturated rings. The SMILES string of the molecule is N#CCCN(c1ccccc1)c1cccc(C#N)c1N. The van der Waals surface area contributed by atoms with Gasteiger partial charge in [-0.3, -0.25) is 0 Å². The molecule has 0 aliphatic carbocycles. The van der Waals surface area contributed by atoms with Gasteiger partial charge >= 0.3 is 0 Å². The quantitative estimate of drug-likeness (QED) is 0.858. The predicted molar refractivity (Wildman–Crippen MR) is 79.2 cm³/mol. The minimum Gasteiger partial charge on any atom is -0.396 e. The summed E-state index contributed by atoms with van der Waals surface area (Å²) in [5.41, 5.74) is 8.65. The van der Waals surface area contributed by atoms with Crippen molar-refractivity contribution in [3.05, 3.63) is 54.1 Å². The summed E-state index contributed by atoms with van der Waals surface area (Å²) in [5.74, 6) is 0. The molecule has 20 heavy (non-hydrogen) atoms. The van der Waals surface area contributed by atoms with E-state index in [1.54, 1.807) is 12.1 Å². The lowest BCUT2D eigenvalue weighted by molar-refractivity contribution is 0.949. The number of hydrogen-bond acceptors (Lipinski definition) is 4. The highest BCUT2D eigenvalue weighted by atomic mass is 15.1. The van der Waals surface area contributed by atoms with E-state index < -0.39 is 0 Å². The zero-order valence-electron chi connectivity index (χ0n) is 11.0. The monoisotopic (exact) mass is 262 g/mol. The standard InChI is InChI=1S/C16H14N4/c17-10-5-11-20(14-7-2-1-3-8-14)15-9-4-6-13(12-18)16(15)19/h1-4,6-9H,5,11,19H2. The Balaban J connectivity index is 2.48. The van der Waals surface area contributed by atoms with Crippen molar-refractivity contribution in [3.8, 4) is 12.1 Å². The number of nitrogens with zero attached hydrogens (tertiary/aromatic N) is 3. The third-order valence-corrected chi connectivity index (χ3v) is 3.01. The number of rotatable bonds is 4. The van der Waals surface area contributed by atoms with Crippen LogP contribution in [0.4, 0.5) is 17.1 Å². The van der Waals surface area contributed by atoms with Gasteiger partial charge in [-0.25, -0.2) is 0 Å². The first-order valence-corrected chi connectivity index (χ1v) is 6.26. The van der Waals surface area contributed by atoms with Crippen LogP contribution in [0, 0.1) is 22.7 Å². The molecule has 0 aromatic heterocycles. The molecule has 0 aliphatic rings. The second-order valence-electron chi connectivity index (χ2n) is 4.25. The average Bonchev–Trinajstić information content (AvgIpc) is 2.50. The Bertz CT molecular complexity index is 665. The highest BCUT2D eigenvalue weighted by molar-refractivity contribution is 5.79. The van der Waals surface area contributed by atoms with Gasteiger partial charge in [-0.2, -0.15) is 10.5 Å². The van der Waals surface area contributed by atoms with Gasteiger partial charge in [0.2, 0.25) is 0 Å². The molecule has 0 atom stereocenters. The van der Waals surface area contributed by atoms with Crippen molar-refractivity contribution >= 4 is 17.1 Å². The molecule has 0 bridgehead atoms. The zero-order valence-corrected chi connectivity index (χ0v) is 11.0. The second-order valence-corrected chi connectivity index (χ2v) is 4.25. The molecule has 4 heteroatoms. The van der Waals surface area contributed by atoms with E-state index in [0.29, 0.717) is 24.2 Å². The number of hydrogen-bond donors (Lipinski definition) is 1. The van der Waals surface area contributed by atoms with E-state index in [2.05, 4.69) is 12.1 Å². The summed E-state index contributed by atoms with van der Waals surface area (Å²) in [4.78, 5) is 1.96. The Morgan fingerprint density at radius 2 is 1.75 bits per heavy atom. The van der Waals surface area contributed by atoms with E-state index in [1.807, 2.05) is 41.3 Å². The molecule has 2 N–H and O–H groups in total. The van der Waals surface area contributed by atoms with Crippen LogP contribution in [0.2, 0.25) is 0 Å². The lowest BCUT2D eigenvalue weighted by Gasteiger charge is -2.25. The predicted octanol–water partition coefficient (Wildman–Crippen LogP) is 3.19. The van der Waals surface area contributed by atoms with Gasteiger partial charge in [0.25, 0.3) is 0 Å². The Labute approximate surface area is 118 Å². The van der Waals surface area contributed by atoms with Gasteiger partial charge in [0.15, 0.2) is 0 Å². The van der Waals surface area contributed by atoms with E-state index in [9.17, 15) is 0 Å². The molecule has 4 nitrogen and oxygen atoms in total. The lowest BCUT2D eigenvalue weighted by atomic mass is 10.1. The van der Waals surface area contributed by atoms with Crippen LogP contribution in [0.1, 0.15) is 12.0 Å². The Hall–Kier alpha value is -2.98. The van der Waals surface area contributed by atoms with Gasteiger partial charge in [-0.15, -0.1) is 0 Å². The van der Waals surface area contributed by atoms with Crippen molar-refractivity contribution in [1.82, 2.24) is 0 Å². The minimum atomic E-state index is 0.380. The van der Waals surface area contributed by atoms with E-state index in [-0.39, 0.29) is 0 Å². The summed E-state index contributed by atoms with van der Waals surface area (Å²) in [6.45, 7) is 0.527. The highest BCUT2D eigenvalue weighted by Crippen LogP contribution is 2.32. The van der Waals surface area contributed by atoms with Crippen molar-refractivity contribution in [1.29, 1.82) is 10.5 Å². The topological polar surface area (TPSA) is 76.8 Å². The molecule has 0 radical (unpaired) electrons. The number of nitrogen functional groups attached to an aromatic ring is 1. The van der Waals surface area contributed by atoms with Gasteiger partial charge in [0, 0.05) is 12.2 Å². The zero-order chi connectivity index (χ0) is 14.4. The van der Waals surface area contributed by atoms with E-state index in [4.69, 9.17) is 16.3 Å². The van der Waals surface area contributed by atoms with Crippen molar-refractivity contribution in [2.75, 3.05) is 17.2 Å². The molecule has 0 aliphatic heterocycles. The number of nitriles is 2. The third-order valence-electron chi connectivity index (χ3n) is 3.01. The molecule has 0 amide bonds. The van der Waals surface area contributed by atoms with Gasteiger partial charge in [0.1, 0.15) is 6.07 Å². The number of anilines is 3. The first-order valence-electron chi connectivity index (χ1n) is 6.26. The van der Waals surface area contributed by atoms with Crippen LogP contribution in [-0.4, -0.2) is 6.54 Å². The normalized spacial score (nSPS) is 9.50. The fourth-order valence-electron chi connectivity index (χ4n) is 2.04. The van der Waals surface area contributed by atoms with Crippen LogP contribution in [0.15, 0.2) is 48.5 Å². The highest BCUT2D eigenvalue weighted by Gasteiger charge is 2.13. The van der Waals surface area contributed by atoms with E-state index in [0.717, 1.165) is 11.4 Å². The van der Waals surface area contributed by atoms with Crippen molar-refractivity contribution in [2.45, 2.75) is 6.42 Å². The number of benzene rings is 2. The molecule has 2 rings (SSSR count). The van der Waals surface area contributed by atoms with Crippen LogP contribution >= 0.6 is 0 Å². The summed E-state index contributed by atoms with van der Waals surface area (Å²) < 4.78 is 0. The Morgan fingerprint density at radius 3 is 2.40 bits per heavy atom. The Morgan fingerprint density at radius 1 is 1.00 bits per heavy atom. The van der Waals surface area contributed by atoms with Crippen molar-refractivity contribution in [3.63, 3.8) is 0 Å². The van der Waals surface area contributed by atoms with Gasteiger partial charge < -0.3 is 10.6 Å². The van der Waals surface area contributed by atoms with Crippen LogP contribution in [0.5, 0.6) is 0 Å². The van der Waals surface area contributed by atoms with Crippen LogP contribution < -0.4 is 10.6 Å². The van der Waals surface area contributed by atoms with Crippen molar-refractivity contribution < 1.29 is 0 Å². The third kappa shape index (κ3) is 2.71. The fraction of sp³-hybridized carbons (Fsp3) is 0.125. The van der Waals surface area contributed by atoms with Gasteiger partial charge in [-0.05, 0) is 24.3 Å². The first-order chi connectivity index (χ1) is 9.77. The lowest BCUT2D eigenvalue weighted by Crippen LogP contribution is -2.19. The molecule has 0 heterocycles. The van der Waals surface area contributed by atoms with Gasteiger partial charge in [0.05, 0.1) is 29.4 Å². The molecular weight excluding hydrogens is 248 g/mol. The molecule has 0 unspecified atom stereocenters. The van der Waals surface area contributed by atoms with Crippen LogP contribution in [-0.2, 0) is 0 Å². The number of para-hydroxylation sites is 2. The fourth-order valence-corrected chi connectivity index (χ4v) is 2.04.